The molecule has 0 atom stereocenters. The Labute approximate surface area is 163 Å². The topological polar surface area (TPSA) is 56.4 Å². The fourth-order valence-electron chi connectivity index (χ4n) is 3.31. The van der Waals surface area contributed by atoms with Crippen LogP contribution in [0.25, 0.3) is 10.9 Å². The Morgan fingerprint density at radius 2 is 1.59 bits per heavy atom. The third kappa shape index (κ3) is 3.47. The minimum absolute atomic E-state index is 0.0680. The summed E-state index contributed by atoms with van der Waals surface area (Å²) in [6.45, 7) is 1.59. The number of benzene rings is 2. The molecular formula is C20H17BrFN3O2. The maximum absolute atomic E-state index is 13.8. The zero-order chi connectivity index (χ0) is 19.0. The van der Waals surface area contributed by atoms with Gasteiger partial charge in [0.05, 0.1) is 5.56 Å². The van der Waals surface area contributed by atoms with E-state index >= 15 is 0 Å². The van der Waals surface area contributed by atoms with Crippen molar-refractivity contribution in [3.63, 3.8) is 0 Å². The number of carbonyl (C=O) groups is 2. The molecule has 1 N–H and O–H groups in total. The Kier molecular flexibility index (Phi) is 4.70. The van der Waals surface area contributed by atoms with Gasteiger partial charge in [0.15, 0.2) is 0 Å². The zero-order valence-electron chi connectivity index (χ0n) is 14.4. The van der Waals surface area contributed by atoms with E-state index in [2.05, 4.69) is 20.9 Å². The molecule has 0 radical (unpaired) electrons. The molecule has 0 unspecified atom stereocenters. The molecule has 0 spiro atoms. The van der Waals surface area contributed by atoms with Gasteiger partial charge in [-0.15, -0.1) is 0 Å². The van der Waals surface area contributed by atoms with Crippen LogP contribution in [0.3, 0.4) is 0 Å². The minimum Gasteiger partial charge on any atom is -0.351 e. The van der Waals surface area contributed by atoms with Crippen molar-refractivity contribution < 1.29 is 14.0 Å². The van der Waals surface area contributed by atoms with Crippen molar-refractivity contribution in [3.05, 3.63) is 70.1 Å². The van der Waals surface area contributed by atoms with E-state index in [1.807, 2.05) is 24.3 Å². The first-order valence-electron chi connectivity index (χ1n) is 8.64. The number of nitrogens with one attached hydrogen (secondary N) is 1. The van der Waals surface area contributed by atoms with Gasteiger partial charge in [-0.3, -0.25) is 9.59 Å². The fourth-order valence-corrected chi connectivity index (χ4v) is 3.69. The molecule has 0 saturated carbocycles. The number of nitrogens with zero attached hydrogens (tertiary/aromatic N) is 2. The number of hydrogen-bond donors (Lipinski definition) is 1. The van der Waals surface area contributed by atoms with Gasteiger partial charge in [-0.25, -0.2) is 4.39 Å². The lowest BCUT2D eigenvalue weighted by Gasteiger charge is -2.34. The highest BCUT2D eigenvalue weighted by molar-refractivity contribution is 9.10. The first-order valence-corrected chi connectivity index (χ1v) is 9.43. The first kappa shape index (κ1) is 17.7. The van der Waals surface area contributed by atoms with Crippen molar-refractivity contribution in [2.75, 3.05) is 26.2 Å². The van der Waals surface area contributed by atoms with Crippen molar-refractivity contribution in [2.24, 2.45) is 0 Å². The maximum atomic E-state index is 13.8. The highest BCUT2D eigenvalue weighted by Gasteiger charge is 2.27. The third-order valence-electron chi connectivity index (χ3n) is 4.77. The quantitative estimate of drug-likeness (QED) is 0.675. The number of carbonyl (C=O) groups excluding carboxylic acids is 2. The molecule has 4 rings (SSSR count). The van der Waals surface area contributed by atoms with Crippen LogP contribution in [0.15, 0.2) is 53.0 Å². The predicted octanol–water partition coefficient (Wildman–Crippen LogP) is 3.67. The molecule has 2 aromatic carbocycles. The van der Waals surface area contributed by atoms with Crippen LogP contribution in [0, 0.1) is 5.82 Å². The highest BCUT2D eigenvalue weighted by Crippen LogP contribution is 2.22. The van der Waals surface area contributed by atoms with Gasteiger partial charge in [0, 0.05) is 41.6 Å². The van der Waals surface area contributed by atoms with E-state index in [0.29, 0.717) is 31.9 Å². The van der Waals surface area contributed by atoms with E-state index in [-0.39, 0.29) is 17.4 Å². The second-order valence-electron chi connectivity index (χ2n) is 6.48. The van der Waals surface area contributed by atoms with Gasteiger partial charge in [-0.1, -0.05) is 28.1 Å². The summed E-state index contributed by atoms with van der Waals surface area (Å²) in [6, 6.07) is 13.6. The average molecular weight is 430 g/mol. The Hall–Kier alpha value is -2.67. The number of aromatic amines is 1. The average Bonchev–Trinajstić information content (AvgIpc) is 3.10. The molecular weight excluding hydrogens is 413 g/mol. The molecule has 2 heterocycles. The molecule has 3 aromatic rings. The Bertz CT molecular complexity index is 1020. The smallest absolute Gasteiger partial charge is 0.270 e. The van der Waals surface area contributed by atoms with Crippen molar-refractivity contribution in [2.45, 2.75) is 0 Å². The molecule has 5 nitrogen and oxygen atoms in total. The predicted molar refractivity (Wildman–Crippen MR) is 104 cm³/mol. The second-order valence-corrected chi connectivity index (χ2v) is 7.39. The maximum Gasteiger partial charge on any atom is 0.270 e. The van der Waals surface area contributed by atoms with Crippen LogP contribution in [0.5, 0.6) is 0 Å². The Balaban J connectivity index is 1.44. The van der Waals surface area contributed by atoms with Gasteiger partial charge in [0.2, 0.25) is 0 Å². The van der Waals surface area contributed by atoms with E-state index in [0.717, 1.165) is 15.4 Å². The lowest BCUT2D eigenvalue weighted by Crippen LogP contribution is -2.50. The summed E-state index contributed by atoms with van der Waals surface area (Å²) in [7, 11) is 0. The van der Waals surface area contributed by atoms with Gasteiger partial charge in [0.1, 0.15) is 11.5 Å². The largest absolute Gasteiger partial charge is 0.351 e. The molecule has 27 heavy (non-hydrogen) atoms. The molecule has 1 aliphatic rings. The van der Waals surface area contributed by atoms with Gasteiger partial charge in [-0.2, -0.15) is 0 Å². The van der Waals surface area contributed by atoms with Gasteiger partial charge in [0.25, 0.3) is 11.8 Å². The van der Waals surface area contributed by atoms with E-state index < -0.39 is 5.82 Å². The summed E-state index contributed by atoms with van der Waals surface area (Å²) in [6.07, 6.45) is 0. The number of halogens is 2. The summed E-state index contributed by atoms with van der Waals surface area (Å²) in [5.74, 6) is -0.957. The zero-order valence-corrected chi connectivity index (χ0v) is 16.0. The highest BCUT2D eigenvalue weighted by atomic mass is 79.9. The molecule has 1 aromatic heterocycles. The lowest BCUT2D eigenvalue weighted by atomic mass is 10.1. The van der Waals surface area contributed by atoms with Crippen LogP contribution < -0.4 is 0 Å². The standard InChI is InChI=1S/C20H17BrFN3O2/c21-14-5-6-17-13(11-14)12-18(23-17)20(27)25-9-7-24(8-10-25)19(26)15-3-1-2-4-16(15)22/h1-6,11-12,23H,7-10H2. The van der Waals surface area contributed by atoms with Crippen LogP contribution in [0.1, 0.15) is 20.8 Å². The van der Waals surface area contributed by atoms with Crippen molar-refractivity contribution in [1.82, 2.24) is 14.8 Å². The number of rotatable bonds is 2. The minimum atomic E-state index is -0.523. The number of aromatic nitrogens is 1. The third-order valence-corrected chi connectivity index (χ3v) is 5.26. The van der Waals surface area contributed by atoms with Gasteiger partial charge >= 0.3 is 0 Å². The van der Waals surface area contributed by atoms with Gasteiger partial charge in [-0.05, 0) is 36.4 Å². The fraction of sp³-hybridized carbons (Fsp3) is 0.200. The van der Waals surface area contributed by atoms with Crippen LogP contribution >= 0.6 is 15.9 Å². The second kappa shape index (κ2) is 7.15. The lowest BCUT2D eigenvalue weighted by molar-refractivity contribution is 0.0530. The van der Waals surface area contributed by atoms with E-state index in [9.17, 15) is 14.0 Å². The normalized spacial score (nSPS) is 14.6. The summed E-state index contributed by atoms with van der Waals surface area (Å²) in [5, 5.41) is 0.959. The summed E-state index contributed by atoms with van der Waals surface area (Å²) >= 11 is 3.43. The molecule has 7 heteroatoms. The number of fused-ring (bicyclic) bond motifs is 1. The molecule has 1 saturated heterocycles. The van der Waals surface area contributed by atoms with Gasteiger partial charge < -0.3 is 14.8 Å². The molecule has 0 bridgehead atoms. The van der Waals surface area contributed by atoms with E-state index in [4.69, 9.17) is 0 Å². The van der Waals surface area contributed by atoms with Crippen molar-refractivity contribution >= 4 is 38.6 Å². The first-order chi connectivity index (χ1) is 13.0. The molecule has 138 valence electrons. The van der Waals surface area contributed by atoms with E-state index in [1.165, 1.54) is 12.1 Å². The monoisotopic (exact) mass is 429 g/mol. The number of hydrogen-bond acceptors (Lipinski definition) is 2. The summed E-state index contributed by atoms with van der Waals surface area (Å²) in [5.41, 5.74) is 1.49. The molecule has 2 amide bonds. The number of H-pyrrole nitrogens is 1. The molecule has 0 aliphatic carbocycles. The van der Waals surface area contributed by atoms with Crippen molar-refractivity contribution in [3.8, 4) is 0 Å². The van der Waals surface area contributed by atoms with E-state index in [1.54, 1.807) is 21.9 Å². The van der Waals surface area contributed by atoms with Crippen LogP contribution in [0.2, 0.25) is 0 Å². The van der Waals surface area contributed by atoms with Crippen LogP contribution in [-0.4, -0.2) is 52.8 Å². The number of piperazine rings is 1. The Morgan fingerprint density at radius 3 is 2.30 bits per heavy atom. The summed E-state index contributed by atoms with van der Waals surface area (Å²) in [4.78, 5) is 31.7. The Morgan fingerprint density at radius 1 is 0.926 bits per heavy atom. The molecule has 1 fully saturated rings. The number of amides is 2. The SMILES string of the molecule is O=C(c1cc2cc(Br)ccc2[nH]1)N1CCN(C(=O)c2ccccc2F)CC1. The molecule has 1 aliphatic heterocycles. The summed E-state index contributed by atoms with van der Waals surface area (Å²) < 4.78 is 14.8. The van der Waals surface area contributed by atoms with Crippen LogP contribution in [0.4, 0.5) is 4.39 Å². The van der Waals surface area contributed by atoms with Crippen molar-refractivity contribution in [1.29, 1.82) is 0 Å². The van der Waals surface area contributed by atoms with Crippen LogP contribution in [-0.2, 0) is 0 Å².